The van der Waals surface area contributed by atoms with Crippen LogP contribution in [0.15, 0.2) is 47.4 Å². The number of halogens is 1. The summed E-state index contributed by atoms with van der Waals surface area (Å²) in [5.74, 6) is -0.999. The zero-order chi connectivity index (χ0) is 22.4. The van der Waals surface area contributed by atoms with E-state index in [4.69, 9.17) is 16.3 Å². The maximum atomic E-state index is 13.1. The third-order valence-corrected chi connectivity index (χ3v) is 7.39. The van der Waals surface area contributed by atoms with E-state index in [0.29, 0.717) is 24.3 Å². The first-order chi connectivity index (χ1) is 14.8. The van der Waals surface area contributed by atoms with Crippen LogP contribution in [0.3, 0.4) is 0 Å². The minimum atomic E-state index is -3.81. The molecule has 0 aromatic heterocycles. The summed E-state index contributed by atoms with van der Waals surface area (Å²) in [6, 6.07) is 10.5. The molecular weight excluding hydrogens is 440 g/mol. The summed E-state index contributed by atoms with van der Waals surface area (Å²) in [6.45, 7) is 2.83. The molecule has 9 heteroatoms. The zero-order valence-corrected chi connectivity index (χ0v) is 18.8. The molecule has 1 aliphatic heterocycles. The van der Waals surface area contributed by atoms with Gasteiger partial charge < -0.3 is 10.1 Å². The lowest BCUT2D eigenvalue weighted by molar-refractivity contribution is 0.0526. The van der Waals surface area contributed by atoms with Crippen LogP contribution in [-0.4, -0.2) is 44.3 Å². The number of nitrogens with one attached hydrogen (secondary N) is 1. The van der Waals surface area contributed by atoms with E-state index >= 15 is 0 Å². The number of benzene rings is 2. The summed E-state index contributed by atoms with van der Waals surface area (Å²) >= 11 is 6.20. The molecule has 2 aromatic carbocycles. The van der Waals surface area contributed by atoms with Crippen LogP contribution in [0.5, 0.6) is 0 Å². The quantitative estimate of drug-likeness (QED) is 0.642. The Balaban J connectivity index is 1.83. The molecule has 31 heavy (non-hydrogen) atoms. The molecule has 1 saturated heterocycles. The van der Waals surface area contributed by atoms with Crippen molar-refractivity contribution in [3.63, 3.8) is 0 Å². The molecule has 0 atom stereocenters. The lowest BCUT2D eigenvalue weighted by Crippen LogP contribution is -2.32. The minimum absolute atomic E-state index is 0.0742. The van der Waals surface area contributed by atoms with Gasteiger partial charge in [0.1, 0.15) is 4.90 Å². The first-order valence-corrected chi connectivity index (χ1v) is 12.0. The fraction of sp³-hybridized carbons (Fsp3) is 0.364. The highest BCUT2D eigenvalue weighted by atomic mass is 35.5. The van der Waals surface area contributed by atoms with E-state index in [-0.39, 0.29) is 22.1 Å². The van der Waals surface area contributed by atoms with Crippen LogP contribution < -0.4 is 5.32 Å². The van der Waals surface area contributed by atoms with Crippen LogP contribution in [0.1, 0.15) is 53.3 Å². The molecule has 0 aliphatic carbocycles. The van der Waals surface area contributed by atoms with Gasteiger partial charge in [0.2, 0.25) is 10.0 Å². The molecule has 1 fully saturated rings. The van der Waals surface area contributed by atoms with Gasteiger partial charge in [0.15, 0.2) is 0 Å². The summed E-state index contributed by atoms with van der Waals surface area (Å²) in [7, 11) is -3.81. The van der Waals surface area contributed by atoms with E-state index in [9.17, 15) is 18.0 Å². The van der Waals surface area contributed by atoms with Crippen molar-refractivity contribution >= 4 is 39.2 Å². The monoisotopic (exact) mass is 464 g/mol. The Labute approximate surface area is 187 Å². The summed E-state index contributed by atoms with van der Waals surface area (Å²) in [5.41, 5.74) is 0.849. The Kier molecular flexibility index (Phi) is 7.69. The van der Waals surface area contributed by atoms with Crippen molar-refractivity contribution in [1.29, 1.82) is 0 Å². The molecule has 2 aromatic rings. The molecule has 0 bridgehead atoms. The van der Waals surface area contributed by atoms with E-state index in [0.717, 1.165) is 25.7 Å². The minimum Gasteiger partial charge on any atom is -0.462 e. The number of carbonyl (C=O) groups excluding carboxylic acids is 2. The molecule has 0 saturated carbocycles. The highest BCUT2D eigenvalue weighted by molar-refractivity contribution is 7.89. The van der Waals surface area contributed by atoms with Crippen molar-refractivity contribution in [2.75, 3.05) is 25.0 Å². The molecule has 0 spiro atoms. The fourth-order valence-electron chi connectivity index (χ4n) is 3.41. The summed E-state index contributed by atoms with van der Waals surface area (Å²) in [5, 5.41) is 2.76. The number of esters is 1. The van der Waals surface area contributed by atoms with E-state index in [1.807, 2.05) is 0 Å². The normalized spacial score (nSPS) is 15.2. The highest BCUT2D eigenvalue weighted by Gasteiger charge is 2.28. The average molecular weight is 465 g/mol. The molecule has 0 unspecified atom stereocenters. The topological polar surface area (TPSA) is 92.8 Å². The molecule has 1 N–H and O–H groups in total. The molecule has 0 radical (unpaired) electrons. The van der Waals surface area contributed by atoms with Gasteiger partial charge in [0.05, 0.1) is 17.2 Å². The van der Waals surface area contributed by atoms with Crippen LogP contribution in [0, 0.1) is 0 Å². The summed E-state index contributed by atoms with van der Waals surface area (Å²) in [6.07, 6.45) is 3.59. The number of rotatable bonds is 6. The Hall–Kier alpha value is -2.42. The van der Waals surface area contributed by atoms with Crippen LogP contribution in [0.2, 0.25) is 5.02 Å². The second kappa shape index (κ2) is 10.3. The van der Waals surface area contributed by atoms with Crippen LogP contribution in [0.25, 0.3) is 0 Å². The van der Waals surface area contributed by atoms with Gasteiger partial charge in [0, 0.05) is 24.3 Å². The van der Waals surface area contributed by atoms with Crippen molar-refractivity contribution < 1.29 is 22.7 Å². The predicted octanol–water partition coefficient (Wildman–Crippen LogP) is 4.33. The van der Waals surface area contributed by atoms with Gasteiger partial charge in [-0.05, 0) is 56.2 Å². The zero-order valence-electron chi connectivity index (χ0n) is 17.3. The average Bonchev–Trinajstić information content (AvgIpc) is 3.04. The van der Waals surface area contributed by atoms with E-state index in [1.165, 1.54) is 28.6 Å². The summed E-state index contributed by atoms with van der Waals surface area (Å²) in [4.78, 5) is 24.6. The third-order valence-electron chi connectivity index (χ3n) is 5.01. The van der Waals surface area contributed by atoms with Gasteiger partial charge in [0.25, 0.3) is 5.91 Å². The molecular formula is C22H25ClN2O5S. The van der Waals surface area contributed by atoms with Crippen molar-refractivity contribution in [2.24, 2.45) is 0 Å². The first kappa shape index (κ1) is 23.2. The van der Waals surface area contributed by atoms with E-state index < -0.39 is 21.9 Å². The van der Waals surface area contributed by atoms with Gasteiger partial charge in [-0.1, -0.05) is 30.5 Å². The number of amides is 1. The van der Waals surface area contributed by atoms with Crippen molar-refractivity contribution in [1.82, 2.24) is 4.31 Å². The van der Waals surface area contributed by atoms with Crippen LogP contribution in [0.4, 0.5) is 5.69 Å². The van der Waals surface area contributed by atoms with Crippen LogP contribution in [-0.2, 0) is 14.8 Å². The van der Waals surface area contributed by atoms with Crippen molar-refractivity contribution in [3.05, 3.63) is 58.6 Å². The first-order valence-electron chi connectivity index (χ1n) is 10.2. The van der Waals surface area contributed by atoms with Gasteiger partial charge in [-0.15, -0.1) is 0 Å². The molecule has 1 heterocycles. The maximum absolute atomic E-state index is 13.1. The molecule has 3 rings (SSSR count). The second-order valence-corrected chi connectivity index (χ2v) is 9.53. The molecule has 7 nitrogen and oxygen atoms in total. The number of carbonyl (C=O) groups is 2. The Morgan fingerprint density at radius 2 is 1.74 bits per heavy atom. The third kappa shape index (κ3) is 5.64. The number of ether oxygens (including phenoxy) is 1. The van der Waals surface area contributed by atoms with Gasteiger partial charge in [-0.2, -0.15) is 4.31 Å². The molecule has 1 aliphatic rings. The SMILES string of the molecule is CCOC(=O)c1cccc(NC(=O)c2ccc(Cl)c(S(=O)(=O)N3CCCCCC3)c2)c1. The second-order valence-electron chi connectivity index (χ2n) is 7.22. The molecule has 166 valence electrons. The standard InChI is InChI=1S/C22H25ClN2O5S/c1-2-30-22(27)17-8-7-9-18(14-17)24-21(26)16-10-11-19(23)20(15-16)31(28,29)25-12-5-3-4-6-13-25/h7-11,14-15H,2-6,12-13H2,1H3,(H,24,26). The van der Waals surface area contributed by atoms with E-state index in [1.54, 1.807) is 25.1 Å². The maximum Gasteiger partial charge on any atom is 0.338 e. The van der Waals surface area contributed by atoms with Gasteiger partial charge in [-0.25, -0.2) is 13.2 Å². The fourth-order valence-corrected chi connectivity index (χ4v) is 5.42. The number of sulfonamides is 1. The summed E-state index contributed by atoms with van der Waals surface area (Å²) < 4.78 is 32.7. The number of nitrogens with zero attached hydrogens (tertiary/aromatic N) is 1. The lowest BCUT2D eigenvalue weighted by Gasteiger charge is -2.21. The predicted molar refractivity (Wildman–Crippen MR) is 119 cm³/mol. The van der Waals surface area contributed by atoms with Gasteiger partial charge >= 0.3 is 5.97 Å². The Morgan fingerprint density at radius 1 is 1.03 bits per heavy atom. The van der Waals surface area contributed by atoms with Crippen LogP contribution >= 0.6 is 11.6 Å². The highest BCUT2D eigenvalue weighted by Crippen LogP contribution is 2.28. The molecule has 1 amide bonds. The largest absolute Gasteiger partial charge is 0.462 e. The number of anilines is 1. The number of hydrogen-bond donors (Lipinski definition) is 1. The van der Waals surface area contributed by atoms with Crippen molar-refractivity contribution in [2.45, 2.75) is 37.5 Å². The Morgan fingerprint density at radius 3 is 2.42 bits per heavy atom. The Bertz CT molecular complexity index is 1060. The van der Waals surface area contributed by atoms with E-state index in [2.05, 4.69) is 5.32 Å². The lowest BCUT2D eigenvalue weighted by atomic mass is 10.1. The van der Waals surface area contributed by atoms with Crippen molar-refractivity contribution in [3.8, 4) is 0 Å². The number of hydrogen-bond acceptors (Lipinski definition) is 5. The smallest absolute Gasteiger partial charge is 0.338 e. The van der Waals surface area contributed by atoms with Gasteiger partial charge in [-0.3, -0.25) is 4.79 Å².